The zero-order chi connectivity index (χ0) is 12.6. The molecule has 1 N–H and O–H groups in total. The smallest absolute Gasteiger partial charge is 0.257 e. The van der Waals surface area contributed by atoms with Crippen molar-refractivity contribution in [3.05, 3.63) is 28.8 Å². The Morgan fingerprint density at radius 2 is 2.18 bits per heavy atom. The number of benzene rings is 1. The van der Waals surface area contributed by atoms with Crippen LogP contribution < -0.4 is 0 Å². The Labute approximate surface area is 106 Å². The van der Waals surface area contributed by atoms with Crippen molar-refractivity contribution in [2.24, 2.45) is 5.92 Å². The molecular formula is C13H16ClNO2. The van der Waals surface area contributed by atoms with Gasteiger partial charge >= 0.3 is 0 Å². The molecule has 0 aliphatic heterocycles. The average molecular weight is 254 g/mol. The van der Waals surface area contributed by atoms with Crippen molar-refractivity contribution in [2.75, 3.05) is 7.05 Å². The van der Waals surface area contributed by atoms with Crippen LogP contribution in [0.2, 0.25) is 5.02 Å². The maximum absolute atomic E-state index is 12.2. The van der Waals surface area contributed by atoms with E-state index in [0.717, 1.165) is 0 Å². The fraction of sp³-hybridized carbons (Fsp3) is 0.462. The number of hydrogen-bond donors (Lipinski definition) is 1. The lowest BCUT2D eigenvalue weighted by atomic mass is 10.1. The highest BCUT2D eigenvalue weighted by molar-refractivity contribution is 6.30. The van der Waals surface area contributed by atoms with Crippen molar-refractivity contribution in [3.63, 3.8) is 0 Å². The SMILES string of the molecule is CC(C1CC1)N(C)C(=O)c1ccc(Cl)cc1O. The summed E-state index contributed by atoms with van der Waals surface area (Å²) in [6.45, 7) is 2.04. The fourth-order valence-electron chi connectivity index (χ4n) is 1.96. The van der Waals surface area contributed by atoms with Crippen LogP contribution in [0.1, 0.15) is 30.1 Å². The molecule has 1 aromatic rings. The quantitative estimate of drug-likeness (QED) is 0.900. The van der Waals surface area contributed by atoms with Crippen LogP contribution in [-0.2, 0) is 0 Å². The standard InChI is InChI=1S/C13H16ClNO2/c1-8(9-3-4-9)15(2)13(17)11-6-5-10(14)7-12(11)16/h5-9,16H,3-4H2,1-2H3. The summed E-state index contributed by atoms with van der Waals surface area (Å²) in [6.07, 6.45) is 2.37. The Bertz CT molecular complexity index is 443. The molecule has 1 atom stereocenters. The minimum Gasteiger partial charge on any atom is -0.507 e. The summed E-state index contributed by atoms with van der Waals surface area (Å²) in [6, 6.07) is 4.79. The molecule has 1 aliphatic carbocycles. The molecule has 0 radical (unpaired) electrons. The molecule has 0 aromatic heterocycles. The Kier molecular flexibility index (Phi) is 3.29. The molecular weight excluding hydrogens is 238 g/mol. The minimum atomic E-state index is -0.154. The van der Waals surface area contributed by atoms with E-state index in [0.29, 0.717) is 16.5 Å². The highest BCUT2D eigenvalue weighted by atomic mass is 35.5. The summed E-state index contributed by atoms with van der Waals surface area (Å²) >= 11 is 5.74. The van der Waals surface area contributed by atoms with E-state index in [1.165, 1.54) is 18.9 Å². The molecule has 3 nitrogen and oxygen atoms in total. The molecule has 2 rings (SSSR count). The van der Waals surface area contributed by atoms with E-state index in [2.05, 4.69) is 0 Å². The van der Waals surface area contributed by atoms with Gasteiger partial charge in [-0.05, 0) is 43.9 Å². The first kappa shape index (κ1) is 12.2. The van der Waals surface area contributed by atoms with Crippen LogP contribution in [0.5, 0.6) is 5.75 Å². The molecule has 0 heterocycles. The third-order valence-electron chi connectivity index (χ3n) is 3.43. The Morgan fingerprint density at radius 1 is 1.53 bits per heavy atom. The highest BCUT2D eigenvalue weighted by Crippen LogP contribution is 2.35. The van der Waals surface area contributed by atoms with Gasteiger partial charge in [0, 0.05) is 18.1 Å². The number of nitrogens with zero attached hydrogens (tertiary/aromatic N) is 1. The van der Waals surface area contributed by atoms with Gasteiger partial charge in [-0.25, -0.2) is 0 Å². The van der Waals surface area contributed by atoms with Crippen LogP contribution in [0.4, 0.5) is 0 Å². The van der Waals surface area contributed by atoms with Crippen LogP contribution >= 0.6 is 11.6 Å². The van der Waals surface area contributed by atoms with E-state index >= 15 is 0 Å². The van der Waals surface area contributed by atoms with Gasteiger partial charge in [-0.3, -0.25) is 4.79 Å². The first-order valence-corrected chi connectivity index (χ1v) is 6.14. The second-order valence-electron chi connectivity index (χ2n) is 4.66. The molecule has 1 saturated carbocycles. The van der Waals surface area contributed by atoms with Crippen molar-refractivity contribution in [1.82, 2.24) is 4.90 Å². The zero-order valence-electron chi connectivity index (χ0n) is 9.98. The lowest BCUT2D eigenvalue weighted by Gasteiger charge is -2.25. The Morgan fingerprint density at radius 3 is 2.71 bits per heavy atom. The topological polar surface area (TPSA) is 40.5 Å². The number of carbonyl (C=O) groups excluding carboxylic acids is 1. The number of hydrogen-bond acceptors (Lipinski definition) is 2. The zero-order valence-corrected chi connectivity index (χ0v) is 10.7. The maximum atomic E-state index is 12.2. The molecule has 4 heteroatoms. The van der Waals surface area contributed by atoms with E-state index in [1.807, 2.05) is 6.92 Å². The largest absolute Gasteiger partial charge is 0.507 e. The van der Waals surface area contributed by atoms with Crippen LogP contribution in [0.15, 0.2) is 18.2 Å². The number of halogens is 1. The molecule has 0 saturated heterocycles. The van der Waals surface area contributed by atoms with Gasteiger partial charge in [-0.2, -0.15) is 0 Å². The molecule has 0 spiro atoms. The molecule has 1 fully saturated rings. The third kappa shape index (κ3) is 2.55. The van der Waals surface area contributed by atoms with Gasteiger partial charge in [0.1, 0.15) is 5.75 Å². The molecule has 0 bridgehead atoms. The molecule has 17 heavy (non-hydrogen) atoms. The summed E-state index contributed by atoms with van der Waals surface area (Å²) in [7, 11) is 1.78. The van der Waals surface area contributed by atoms with Crippen molar-refractivity contribution < 1.29 is 9.90 Å². The number of carbonyl (C=O) groups is 1. The van der Waals surface area contributed by atoms with Gasteiger partial charge in [0.25, 0.3) is 5.91 Å². The second-order valence-corrected chi connectivity index (χ2v) is 5.09. The first-order valence-electron chi connectivity index (χ1n) is 5.76. The summed E-state index contributed by atoms with van der Waals surface area (Å²) in [4.78, 5) is 13.9. The number of rotatable bonds is 3. The average Bonchev–Trinajstić information content (AvgIpc) is 3.10. The van der Waals surface area contributed by atoms with E-state index < -0.39 is 0 Å². The third-order valence-corrected chi connectivity index (χ3v) is 3.66. The highest BCUT2D eigenvalue weighted by Gasteiger charge is 2.33. The molecule has 1 unspecified atom stereocenters. The van der Waals surface area contributed by atoms with Crippen molar-refractivity contribution >= 4 is 17.5 Å². The maximum Gasteiger partial charge on any atom is 0.257 e. The monoisotopic (exact) mass is 253 g/mol. The first-order chi connectivity index (χ1) is 8.00. The van der Waals surface area contributed by atoms with Crippen LogP contribution in [-0.4, -0.2) is 29.0 Å². The van der Waals surface area contributed by atoms with Crippen molar-refractivity contribution in [1.29, 1.82) is 0 Å². The lowest BCUT2D eigenvalue weighted by Crippen LogP contribution is -2.36. The van der Waals surface area contributed by atoms with Crippen molar-refractivity contribution in [3.8, 4) is 5.75 Å². The van der Waals surface area contributed by atoms with Gasteiger partial charge in [0.15, 0.2) is 0 Å². The second kappa shape index (κ2) is 4.57. The fourth-order valence-corrected chi connectivity index (χ4v) is 2.12. The molecule has 1 amide bonds. The Hall–Kier alpha value is -1.22. The number of phenolic OH excluding ortho intramolecular Hbond substituents is 1. The van der Waals surface area contributed by atoms with Gasteiger partial charge in [-0.15, -0.1) is 0 Å². The summed E-state index contributed by atoms with van der Waals surface area (Å²) in [5, 5.41) is 10.1. The lowest BCUT2D eigenvalue weighted by molar-refractivity contribution is 0.0724. The number of aromatic hydroxyl groups is 1. The predicted molar refractivity (Wildman–Crippen MR) is 67.4 cm³/mol. The van der Waals surface area contributed by atoms with Crippen LogP contribution in [0, 0.1) is 5.92 Å². The predicted octanol–water partition coefficient (Wildman–Crippen LogP) is 2.92. The number of amides is 1. The van der Waals surface area contributed by atoms with Crippen molar-refractivity contribution in [2.45, 2.75) is 25.8 Å². The molecule has 92 valence electrons. The van der Waals surface area contributed by atoms with E-state index in [1.54, 1.807) is 24.1 Å². The number of phenols is 1. The molecule has 1 aliphatic rings. The van der Waals surface area contributed by atoms with Crippen LogP contribution in [0.3, 0.4) is 0 Å². The van der Waals surface area contributed by atoms with Gasteiger partial charge < -0.3 is 10.0 Å². The van der Waals surface area contributed by atoms with E-state index in [9.17, 15) is 9.90 Å². The Balaban J connectivity index is 2.18. The van der Waals surface area contributed by atoms with Gasteiger partial charge in [0.2, 0.25) is 0 Å². The summed E-state index contributed by atoms with van der Waals surface area (Å²) in [5.74, 6) is 0.398. The van der Waals surface area contributed by atoms with Gasteiger partial charge in [0.05, 0.1) is 5.56 Å². The molecule has 1 aromatic carbocycles. The van der Waals surface area contributed by atoms with Gasteiger partial charge in [-0.1, -0.05) is 11.6 Å². The normalized spacial score (nSPS) is 16.6. The van der Waals surface area contributed by atoms with E-state index in [4.69, 9.17) is 11.6 Å². The summed E-state index contributed by atoms with van der Waals surface area (Å²) < 4.78 is 0. The minimum absolute atomic E-state index is 0.0580. The van der Waals surface area contributed by atoms with E-state index in [-0.39, 0.29) is 17.7 Å². The van der Waals surface area contributed by atoms with Crippen LogP contribution in [0.25, 0.3) is 0 Å². The summed E-state index contributed by atoms with van der Waals surface area (Å²) in [5.41, 5.74) is 0.310.